The normalized spacial score (nSPS) is 10.9. The second-order valence-corrected chi connectivity index (χ2v) is 6.50. The average molecular weight is 379 g/mol. The number of methoxy groups -OCH3 is 1. The second-order valence-electron chi connectivity index (χ2n) is 6.50. The van der Waals surface area contributed by atoms with Gasteiger partial charge in [-0.25, -0.2) is 9.97 Å². The van der Waals surface area contributed by atoms with Crippen molar-refractivity contribution in [1.29, 1.82) is 0 Å². The zero-order valence-electron chi connectivity index (χ0n) is 15.8. The van der Waals surface area contributed by atoms with Crippen LogP contribution in [0.4, 0.5) is 5.82 Å². The number of carbonyl (C=O) groups is 1. The number of rotatable bonds is 5. The lowest BCUT2D eigenvalue weighted by Crippen LogP contribution is -2.21. The Kier molecular flexibility index (Phi) is 5.12. The van der Waals surface area contributed by atoms with Crippen LogP contribution in [-0.4, -0.2) is 27.6 Å². The van der Waals surface area contributed by atoms with E-state index in [2.05, 4.69) is 9.97 Å². The van der Waals surface area contributed by atoms with Crippen molar-refractivity contribution in [3.8, 4) is 28.3 Å². The van der Waals surface area contributed by atoms with Crippen LogP contribution >= 0.6 is 0 Å². The maximum Gasteiger partial charge on any atom is 0.271 e. The van der Waals surface area contributed by atoms with E-state index >= 15 is 0 Å². The van der Waals surface area contributed by atoms with Crippen molar-refractivity contribution in [2.45, 2.75) is 19.9 Å². The lowest BCUT2D eigenvalue weighted by Gasteiger charge is -2.15. The molecule has 0 saturated carbocycles. The predicted octanol–water partition coefficient (Wildman–Crippen LogP) is 2.24. The summed E-state index contributed by atoms with van der Waals surface area (Å²) < 4.78 is 6.77. The molecular formula is C20H21N5O3. The minimum atomic E-state index is -0.773. The molecule has 1 aromatic carbocycles. The monoisotopic (exact) mass is 379 g/mol. The Morgan fingerprint density at radius 1 is 1.04 bits per heavy atom. The summed E-state index contributed by atoms with van der Waals surface area (Å²) in [5, 5.41) is 0. The molecule has 3 rings (SSSR count). The number of primary amides is 1. The number of ether oxygens (including phenoxy) is 1. The molecule has 4 N–H and O–H groups in total. The van der Waals surface area contributed by atoms with Crippen LogP contribution in [0.3, 0.4) is 0 Å². The second kappa shape index (κ2) is 7.51. The summed E-state index contributed by atoms with van der Waals surface area (Å²) >= 11 is 0. The highest BCUT2D eigenvalue weighted by Gasteiger charge is 2.19. The van der Waals surface area contributed by atoms with E-state index in [0.717, 1.165) is 5.56 Å². The fourth-order valence-electron chi connectivity index (χ4n) is 2.83. The topological polar surface area (TPSA) is 126 Å². The zero-order chi connectivity index (χ0) is 20.4. The molecule has 8 nitrogen and oxygen atoms in total. The number of pyridine rings is 1. The molecule has 0 aliphatic heterocycles. The van der Waals surface area contributed by atoms with E-state index < -0.39 is 5.91 Å². The predicted molar refractivity (Wildman–Crippen MR) is 107 cm³/mol. The van der Waals surface area contributed by atoms with E-state index in [4.69, 9.17) is 16.2 Å². The number of aromatic nitrogens is 3. The molecule has 2 heterocycles. The van der Waals surface area contributed by atoms with Gasteiger partial charge in [0.15, 0.2) is 11.5 Å². The molecule has 0 aliphatic carbocycles. The Labute approximate surface area is 161 Å². The van der Waals surface area contributed by atoms with Gasteiger partial charge < -0.3 is 20.8 Å². The maximum absolute atomic E-state index is 12.1. The molecule has 0 atom stereocenters. The largest absolute Gasteiger partial charge is 0.497 e. The van der Waals surface area contributed by atoms with Crippen molar-refractivity contribution in [3.63, 3.8) is 0 Å². The third kappa shape index (κ3) is 3.57. The minimum Gasteiger partial charge on any atom is -0.497 e. The summed E-state index contributed by atoms with van der Waals surface area (Å²) in [7, 11) is 1.58. The zero-order valence-corrected chi connectivity index (χ0v) is 15.8. The van der Waals surface area contributed by atoms with E-state index in [9.17, 15) is 9.59 Å². The van der Waals surface area contributed by atoms with Crippen LogP contribution in [0.5, 0.6) is 5.75 Å². The fraction of sp³-hybridized carbons (Fsp3) is 0.200. The van der Waals surface area contributed by atoms with Gasteiger partial charge in [-0.3, -0.25) is 9.59 Å². The van der Waals surface area contributed by atoms with Crippen LogP contribution in [0, 0.1) is 0 Å². The molecule has 2 aromatic heterocycles. The van der Waals surface area contributed by atoms with Gasteiger partial charge in [-0.05, 0) is 44.2 Å². The van der Waals surface area contributed by atoms with Crippen LogP contribution in [0.15, 0.2) is 47.4 Å². The molecule has 8 heteroatoms. The van der Waals surface area contributed by atoms with Gasteiger partial charge in [0.1, 0.15) is 5.75 Å². The lowest BCUT2D eigenvalue weighted by molar-refractivity contribution is 0.0996. The van der Waals surface area contributed by atoms with Gasteiger partial charge in [-0.15, -0.1) is 0 Å². The highest BCUT2D eigenvalue weighted by molar-refractivity contribution is 5.96. The van der Waals surface area contributed by atoms with Gasteiger partial charge in [0.25, 0.3) is 11.5 Å². The smallest absolute Gasteiger partial charge is 0.271 e. The summed E-state index contributed by atoms with van der Waals surface area (Å²) in [6.45, 7) is 3.80. The fourth-order valence-corrected chi connectivity index (χ4v) is 2.83. The average Bonchev–Trinajstić information content (AvgIpc) is 2.68. The minimum absolute atomic E-state index is 0.0470. The first-order valence-corrected chi connectivity index (χ1v) is 8.66. The first-order valence-electron chi connectivity index (χ1n) is 8.66. The highest BCUT2D eigenvalue weighted by Crippen LogP contribution is 2.31. The lowest BCUT2D eigenvalue weighted by atomic mass is 10.0. The first kappa shape index (κ1) is 19.1. The van der Waals surface area contributed by atoms with Gasteiger partial charge in [-0.1, -0.05) is 0 Å². The number of hydrogen-bond donors (Lipinski definition) is 2. The third-order valence-electron chi connectivity index (χ3n) is 4.29. The molecule has 0 aliphatic rings. The Morgan fingerprint density at radius 3 is 2.21 bits per heavy atom. The molecule has 0 unspecified atom stereocenters. The third-order valence-corrected chi connectivity index (χ3v) is 4.29. The van der Waals surface area contributed by atoms with E-state index in [1.807, 2.05) is 26.0 Å². The molecule has 0 spiro atoms. The van der Waals surface area contributed by atoms with Crippen molar-refractivity contribution < 1.29 is 9.53 Å². The van der Waals surface area contributed by atoms with Crippen LogP contribution in [0.1, 0.15) is 30.4 Å². The van der Waals surface area contributed by atoms with Crippen molar-refractivity contribution in [3.05, 3.63) is 58.6 Å². The first-order chi connectivity index (χ1) is 13.3. The number of nitrogens with zero attached hydrogens (tertiary/aromatic N) is 3. The highest BCUT2D eigenvalue weighted by atomic mass is 16.5. The standard InChI is InChI=1S/C20H21N5O3/c1-11(2)25-10-13(6-9-15(25)26)17-16(12-4-7-14(28-3)8-5-12)24-19(21)18(23-17)20(22)27/h4-11H,1-3H3,(H2,21,24)(H2,22,27). The molecule has 3 aromatic rings. The molecule has 1 amide bonds. The summed E-state index contributed by atoms with van der Waals surface area (Å²) in [6, 6.07) is 10.2. The van der Waals surface area contributed by atoms with E-state index in [0.29, 0.717) is 22.7 Å². The van der Waals surface area contributed by atoms with Crippen molar-refractivity contribution in [2.75, 3.05) is 12.8 Å². The van der Waals surface area contributed by atoms with Crippen LogP contribution in [0.2, 0.25) is 0 Å². The Bertz CT molecular complexity index is 1090. The SMILES string of the molecule is COc1ccc(-c2nc(N)c(C(N)=O)nc2-c2ccc(=O)n(C(C)C)c2)cc1. The van der Waals surface area contributed by atoms with Crippen LogP contribution < -0.4 is 21.8 Å². The summed E-state index contributed by atoms with van der Waals surface area (Å²) in [5.74, 6) is -0.141. The number of carbonyl (C=O) groups excluding carboxylic acids is 1. The van der Waals surface area contributed by atoms with E-state index in [1.54, 1.807) is 36.1 Å². The Hall–Kier alpha value is -3.68. The van der Waals surface area contributed by atoms with Gasteiger partial charge in [0.2, 0.25) is 0 Å². The molecule has 0 bridgehead atoms. The summed E-state index contributed by atoms with van der Waals surface area (Å²) in [6.07, 6.45) is 1.69. The number of anilines is 1. The van der Waals surface area contributed by atoms with Gasteiger partial charge >= 0.3 is 0 Å². The molecular weight excluding hydrogens is 358 g/mol. The molecule has 0 saturated heterocycles. The van der Waals surface area contributed by atoms with Gasteiger partial charge in [-0.2, -0.15) is 0 Å². The van der Waals surface area contributed by atoms with Crippen molar-refractivity contribution in [2.24, 2.45) is 5.73 Å². The quantitative estimate of drug-likeness (QED) is 0.700. The molecule has 28 heavy (non-hydrogen) atoms. The number of hydrogen-bond acceptors (Lipinski definition) is 6. The van der Waals surface area contributed by atoms with E-state index in [1.165, 1.54) is 6.07 Å². The Morgan fingerprint density at radius 2 is 1.64 bits per heavy atom. The number of nitrogens with two attached hydrogens (primary N) is 2. The Balaban J connectivity index is 2.28. The number of benzene rings is 1. The number of amides is 1. The van der Waals surface area contributed by atoms with Gasteiger partial charge in [0, 0.05) is 29.4 Å². The number of nitrogen functional groups attached to an aromatic ring is 1. The molecule has 0 fully saturated rings. The maximum atomic E-state index is 12.1. The summed E-state index contributed by atoms with van der Waals surface area (Å²) in [5.41, 5.74) is 13.3. The molecule has 0 radical (unpaired) electrons. The van der Waals surface area contributed by atoms with Crippen LogP contribution in [0.25, 0.3) is 22.5 Å². The summed E-state index contributed by atoms with van der Waals surface area (Å²) in [4.78, 5) is 32.6. The van der Waals surface area contributed by atoms with Crippen molar-refractivity contribution in [1.82, 2.24) is 14.5 Å². The van der Waals surface area contributed by atoms with E-state index in [-0.39, 0.29) is 23.1 Å². The van der Waals surface area contributed by atoms with Crippen molar-refractivity contribution >= 4 is 11.7 Å². The van der Waals surface area contributed by atoms with Gasteiger partial charge in [0.05, 0.1) is 18.5 Å². The molecule has 144 valence electrons. The van der Waals surface area contributed by atoms with Crippen LogP contribution in [-0.2, 0) is 0 Å².